The first-order valence-corrected chi connectivity index (χ1v) is 6.87. The zero-order valence-electron chi connectivity index (χ0n) is 11.4. The summed E-state index contributed by atoms with van der Waals surface area (Å²) in [5.41, 5.74) is 0.0739. The molecule has 2 rings (SSSR count). The van der Waals surface area contributed by atoms with Gasteiger partial charge in [0.15, 0.2) is 23.3 Å². The van der Waals surface area contributed by atoms with Crippen LogP contribution in [0.4, 0.5) is 17.6 Å². The fourth-order valence-electron chi connectivity index (χ4n) is 2.47. The maximum absolute atomic E-state index is 13.8. The number of rotatable bonds is 1. The van der Waals surface area contributed by atoms with Gasteiger partial charge in [-0.15, -0.1) is 0 Å². The standard InChI is InChI=1S/C15H17F4N/c1-9-5-3-2-4-6-20-12(7-9)10-8-11(16)14(18)15(19)13(10)17/h8-9H,2-7H2,1H3/b20-12+. The zero-order valence-corrected chi connectivity index (χ0v) is 11.4. The molecule has 0 saturated heterocycles. The topological polar surface area (TPSA) is 12.4 Å². The van der Waals surface area contributed by atoms with Crippen molar-refractivity contribution in [2.75, 3.05) is 6.54 Å². The first-order valence-electron chi connectivity index (χ1n) is 6.87. The van der Waals surface area contributed by atoms with Crippen LogP contribution in [0.5, 0.6) is 0 Å². The van der Waals surface area contributed by atoms with Crippen molar-refractivity contribution >= 4 is 5.71 Å². The minimum absolute atomic E-state index is 0.252. The van der Waals surface area contributed by atoms with Gasteiger partial charge in [0.1, 0.15) is 0 Å². The van der Waals surface area contributed by atoms with Crippen LogP contribution in [0.3, 0.4) is 0 Å². The lowest BCUT2D eigenvalue weighted by Gasteiger charge is -2.13. The number of hydrogen-bond donors (Lipinski definition) is 0. The highest BCUT2D eigenvalue weighted by molar-refractivity contribution is 6.01. The molecular formula is C15H17F4N. The van der Waals surface area contributed by atoms with Crippen molar-refractivity contribution in [3.63, 3.8) is 0 Å². The third kappa shape index (κ3) is 3.19. The molecular weight excluding hydrogens is 270 g/mol. The van der Waals surface area contributed by atoms with Crippen LogP contribution in [-0.4, -0.2) is 12.3 Å². The summed E-state index contributed by atoms with van der Waals surface area (Å²) in [6.45, 7) is 2.50. The molecule has 1 aromatic rings. The number of benzene rings is 1. The summed E-state index contributed by atoms with van der Waals surface area (Å²) in [6.07, 6.45) is 4.38. The van der Waals surface area contributed by atoms with Crippen LogP contribution in [0.15, 0.2) is 11.1 Å². The Hall–Kier alpha value is -1.39. The monoisotopic (exact) mass is 287 g/mol. The van der Waals surface area contributed by atoms with Gasteiger partial charge < -0.3 is 0 Å². The van der Waals surface area contributed by atoms with Gasteiger partial charge >= 0.3 is 0 Å². The molecule has 0 radical (unpaired) electrons. The first-order chi connectivity index (χ1) is 9.50. The van der Waals surface area contributed by atoms with Gasteiger partial charge in [-0.3, -0.25) is 4.99 Å². The minimum Gasteiger partial charge on any atom is -0.289 e. The van der Waals surface area contributed by atoms with Crippen molar-refractivity contribution in [1.29, 1.82) is 0 Å². The summed E-state index contributed by atoms with van der Waals surface area (Å²) in [5, 5.41) is 0. The van der Waals surface area contributed by atoms with E-state index in [-0.39, 0.29) is 11.5 Å². The Morgan fingerprint density at radius 2 is 1.75 bits per heavy atom. The second-order valence-electron chi connectivity index (χ2n) is 5.33. The molecule has 110 valence electrons. The number of aliphatic imine (C=N–C) groups is 1. The molecule has 1 heterocycles. The molecule has 1 aliphatic rings. The second kappa shape index (κ2) is 6.37. The molecule has 0 amide bonds. The summed E-state index contributed by atoms with van der Waals surface area (Å²) in [7, 11) is 0. The van der Waals surface area contributed by atoms with Gasteiger partial charge in [-0.1, -0.05) is 26.2 Å². The smallest absolute Gasteiger partial charge is 0.198 e. The van der Waals surface area contributed by atoms with E-state index in [2.05, 4.69) is 4.99 Å². The van der Waals surface area contributed by atoms with E-state index in [1.165, 1.54) is 0 Å². The molecule has 5 heteroatoms. The summed E-state index contributed by atoms with van der Waals surface area (Å²) in [5.74, 6) is -6.02. The molecule has 0 fully saturated rings. The van der Waals surface area contributed by atoms with Crippen LogP contribution < -0.4 is 0 Å². The third-order valence-electron chi connectivity index (χ3n) is 3.61. The second-order valence-corrected chi connectivity index (χ2v) is 5.33. The lowest BCUT2D eigenvalue weighted by atomic mass is 9.94. The highest BCUT2D eigenvalue weighted by Gasteiger charge is 2.23. The van der Waals surface area contributed by atoms with E-state index in [0.29, 0.717) is 24.7 Å². The number of halogens is 4. The van der Waals surface area contributed by atoms with Gasteiger partial charge in [0, 0.05) is 17.8 Å². The van der Waals surface area contributed by atoms with Crippen LogP contribution in [-0.2, 0) is 0 Å². The van der Waals surface area contributed by atoms with Gasteiger partial charge in [0.05, 0.1) is 0 Å². The van der Waals surface area contributed by atoms with E-state index >= 15 is 0 Å². The fraction of sp³-hybridized carbons (Fsp3) is 0.533. The maximum Gasteiger partial charge on any atom is 0.198 e. The Morgan fingerprint density at radius 3 is 2.50 bits per heavy atom. The Morgan fingerprint density at radius 1 is 1.00 bits per heavy atom. The molecule has 0 saturated carbocycles. The van der Waals surface area contributed by atoms with Crippen molar-refractivity contribution in [2.24, 2.45) is 10.9 Å². The summed E-state index contributed by atoms with van der Waals surface area (Å²) >= 11 is 0. The van der Waals surface area contributed by atoms with Crippen molar-refractivity contribution < 1.29 is 17.6 Å². The fourth-order valence-corrected chi connectivity index (χ4v) is 2.47. The van der Waals surface area contributed by atoms with Crippen LogP contribution in [0.1, 0.15) is 44.6 Å². The largest absolute Gasteiger partial charge is 0.289 e. The molecule has 0 bridgehead atoms. The highest BCUT2D eigenvalue weighted by atomic mass is 19.2. The molecule has 20 heavy (non-hydrogen) atoms. The van der Waals surface area contributed by atoms with Gasteiger partial charge in [-0.2, -0.15) is 0 Å². The van der Waals surface area contributed by atoms with Gasteiger partial charge in [-0.05, 0) is 24.8 Å². The van der Waals surface area contributed by atoms with Crippen molar-refractivity contribution in [3.05, 3.63) is 34.9 Å². The highest BCUT2D eigenvalue weighted by Crippen LogP contribution is 2.24. The van der Waals surface area contributed by atoms with E-state index < -0.39 is 23.3 Å². The molecule has 1 nitrogen and oxygen atoms in total. The van der Waals surface area contributed by atoms with E-state index in [1.807, 2.05) is 6.92 Å². The number of hydrogen-bond acceptors (Lipinski definition) is 1. The summed E-state index contributed by atoms with van der Waals surface area (Å²) < 4.78 is 53.4. The molecule has 1 aliphatic heterocycles. The molecule has 1 unspecified atom stereocenters. The average Bonchev–Trinajstić information content (AvgIpc) is 2.52. The molecule has 1 atom stereocenters. The summed E-state index contributed by atoms with van der Waals surface area (Å²) in [6, 6.07) is 0.706. The van der Waals surface area contributed by atoms with Gasteiger partial charge in [0.2, 0.25) is 0 Å². The maximum atomic E-state index is 13.8. The lowest BCUT2D eigenvalue weighted by molar-refractivity contribution is 0.408. The van der Waals surface area contributed by atoms with Crippen LogP contribution >= 0.6 is 0 Å². The Kier molecular flexibility index (Phi) is 4.78. The Balaban J connectivity index is 2.42. The third-order valence-corrected chi connectivity index (χ3v) is 3.61. The van der Waals surface area contributed by atoms with E-state index in [9.17, 15) is 17.6 Å². The van der Waals surface area contributed by atoms with E-state index in [4.69, 9.17) is 0 Å². The van der Waals surface area contributed by atoms with Crippen molar-refractivity contribution in [2.45, 2.75) is 39.0 Å². The Labute approximate surface area is 115 Å². The molecule has 0 N–H and O–H groups in total. The first kappa shape index (κ1) is 15.0. The molecule has 0 aliphatic carbocycles. The Bertz CT molecular complexity index is 525. The SMILES string of the molecule is CC1CCCCC/N=C(/c2cc(F)c(F)c(F)c2F)C1. The average molecular weight is 287 g/mol. The summed E-state index contributed by atoms with van der Waals surface area (Å²) in [4.78, 5) is 4.26. The van der Waals surface area contributed by atoms with Crippen molar-refractivity contribution in [3.8, 4) is 0 Å². The van der Waals surface area contributed by atoms with Crippen LogP contribution in [0.25, 0.3) is 0 Å². The number of nitrogens with zero attached hydrogens (tertiary/aromatic N) is 1. The molecule has 1 aromatic carbocycles. The van der Waals surface area contributed by atoms with Gasteiger partial charge in [-0.25, -0.2) is 17.6 Å². The minimum atomic E-state index is -1.78. The van der Waals surface area contributed by atoms with Crippen molar-refractivity contribution in [1.82, 2.24) is 0 Å². The van der Waals surface area contributed by atoms with Gasteiger partial charge in [0.25, 0.3) is 0 Å². The van der Waals surface area contributed by atoms with E-state index in [0.717, 1.165) is 25.7 Å². The van der Waals surface area contributed by atoms with E-state index in [1.54, 1.807) is 0 Å². The molecule has 0 aromatic heterocycles. The predicted octanol–water partition coefficient (Wildman–Crippen LogP) is 4.63. The van der Waals surface area contributed by atoms with Crippen LogP contribution in [0.2, 0.25) is 0 Å². The predicted molar refractivity (Wildman–Crippen MR) is 69.9 cm³/mol. The van der Waals surface area contributed by atoms with Crippen LogP contribution in [0, 0.1) is 29.2 Å². The quantitative estimate of drug-likeness (QED) is 0.405. The zero-order chi connectivity index (χ0) is 14.7. The normalized spacial score (nSPS) is 23.4. The molecule has 0 spiro atoms. The lowest BCUT2D eigenvalue weighted by Crippen LogP contribution is -2.13.